The van der Waals surface area contributed by atoms with E-state index in [0.29, 0.717) is 42.8 Å². The molecule has 1 aromatic carbocycles. The molecule has 0 bridgehead atoms. The van der Waals surface area contributed by atoms with Crippen molar-refractivity contribution in [1.29, 1.82) is 0 Å². The molecule has 0 saturated carbocycles. The van der Waals surface area contributed by atoms with Gasteiger partial charge in [0.1, 0.15) is 5.76 Å². The zero-order valence-corrected chi connectivity index (χ0v) is 16.0. The lowest BCUT2D eigenvalue weighted by Gasteiger charge is -2.10. The summed E-state index contributed by atoms with van der Waals surface area (Å²) in [5.74, 6) is 2.03. The van der Waals surface area contributed by atoms with Crippen molar-refractivity contribution >= 4 is 29.2 Å². The SMILES string of the molecule is CN=C(NCCCC(=O)Nc1ccc(Cl)cc1)NCc1nc(C)c(C)o1. The van der Waals surface area contributed by atoms with Crippen LogP contribution in [0.4, 0.5) is 5.69 Å². The van der Waals surface area contributed by atoms with Gasteiger partial charge in [0, 0.05) is 30.7 Å². The number of aryl methyl sites for hydroxylation is 2. The van der Waals surface area contributed by atoms with E-state index in [-0.39, 0.29) is 5.91 Å². The van der Waals surface area contributed by atoms with E-state index in [1.807, 2.05) is 13.8 Å². The number of guanidine groups is 1. The highest BCUT2D eigenvalue weighted by Crippen LogP contribution is 2.13. The standard InChI is InChI=1S/C18H24ClN5O2/c1-12-13(2)26-17(23-12)11-22-18(20-3)21-10-4-5-16(25)24-15-8-6-14(19)7-9-15/h6-9H,4-5,10-11H2,1-3H3,(H,24,25)(H2,20,21,22). The number of halogens is 1. The first-order valence-electron chi connectivity index (χ1n) is 8.40. The highest BCUT2D eigenvalue weighted by molar-refractivity contribution is 6.30. The Hall–Kier alpha value is -2.54. The van der Waals surface area contributed by atoms with E-state index in [1.54, 1.807) is 31.3 Å². The zero-order chi connectivity index (χ0) is 18.9. The highest BCUT2D eigenvalue weighted by Gasteiger charge is 2.07. The van der Waals surface area contributed by atoms with Crippen molar-refractivity contribution in [2.45, 2.75) is 33.2 Å². The Balaban J connectivity index is 1.65. The number of carbonyl (C=O) groups excluding carboxylic acids is 1. The van der Waals surface area contributed by atoms with Crippen molar-refractivity contribution in [2.75, 3.05) is 18.9 Å². The maximum Gasteiger partial charge on any atom is 0.224 e. The second-order valence-corrected chi connectivity index (χ2v) is 6.20. The van der Waals surface area contributed by atoms with E-state index in [2.05, 4.69) is 25.9 Å². The molecule has 0 aliphatic heterocycles. The van der Waals surface area contributed by atoms with Gasteiger partial charge in [-0.3, -0.25) is 9.79 Å². The molecule has 8 heteroatoms. The number of aliphatic imine (C=N–C) groups is 1. The maximum absolute atomic E-state index is 11.9. The van der Waals surface area contributed by atoms with Crippen LogP contribution in [-0.4, -0.2) is 30.4 Å². The maximum atomic E-state index is 11.9. The number of rotatable bonds is 7. The Labute approximate surface area is 158 Å². The molecule has 2 rings (SSSR count). The van der Waals surface area contributed by atoms with Gasteiger partial charge in [0.2, 0.25) is 11.8 Å². The van der Waals surface area contributed by atoms with E-state index >= 15 is 0 Å². The molecule has 0 unspecified atom stereocenters. The van der Waals surface area contributed by atoms with Crippen LogP contribution in [0.1, 0.15) is 30.2 Å². The fourth-order valence-corrected chi connectivity index (χ4v) is 2.33. The third-order valence-electron chi connectivity index (χ3n) is 3.70. The van der Waals surface area contributed by atoms with Crippen molar-refractivity contribution in [2.24, 2.45) is 4.99 Å². The molecule has 0 spiro atoms. The number of benzene rings is 1. The molecule has 0 radical (unpaired) electrons. The molecule has 0 saturated heterocycles. The smallest absolute Gasteiger partial charge is 0.224 e. The van der Waals surface area contributed by atoms with Crippen molar-refractivity contribution in [3.8, 4) is 0 Å². The second-order valence-electron chi connectivity index (χ2n) is 5.76. The third kappa shape index (κ3) is 6.40. The Morgan fingerprint density at radius 1 is 1.23 bits per heavy atom. The van der Waals surface area contributed by atoms with E-state index in [9.17, 15) is 4.79 Å². The fraction of sp³-hybridized carbons (Fsp3) is 0.389. The minimum atomic E-state index is -0.0391. The van der Waals surface area contributed by atoms with Crippen LogP contribution in [0, 0.1) is 13.8 Å². The van der Waals surface area contributed by atoms with Crippen LogP contribution < -0.4 is 16.0 Å². The van der Waals surface area contributed by atoms with Crippen molar-refractivity contribution in [3.63, 3.8) is 0 Å². The molecule has 140 valence electrons. The monoisotopic (exact) mass is 377 g/mol. The van der Waals surface area contributed by atoms with E-state index < -0.39 is 0 Å². The van der Waals surface area contributed by atoms with E-state index in [4.69, 9.17) is 16.0 Å². The second kappa shape index (κ2) is 9.82. The Kier molecular flexibility index (Phi) is 7.47. The lowest BCUT2D eigenvalue weighted by Crippen LogP contribution is -2.37. The summed E-state index contributed by atoms with van der Waals surface area (Å²) in [6, 6.07) is 7.03. The number of nitrogens with zero attached hydrogens (tertiary/aromatic N) is 2. The largest absolute Gasteiger partial charge is 0.444 e. The molecule has 0 aliphatic rings. The van der Waals surface area contributed by atoms with Crippen LogP contribution >= 0.6 is 11.6 Å². The highest BCUT2D eigenvalue weighted by atomic mass is 35.5. The molecule has 3 N–H and O–H groups in total. The number of aromatic nitrogens is 1. The van der Waals surface area contributed by atoms with Crippen LogP contribution in [0.2, 0.25) is 5.02 Å². The number of carbonyl (C=O) groups is 1. The van der Waals surface area contributed by atoms with Gasteiger partial charge in [0.05, 0.1) is 12.2 Å². The third-order valence-corrected chi connectivity index (χ3v) is 3.96. The van der Waals surface area contributed by atoms with Crippen molar-refractivity contribution in [3.05, 3.63) is 46.6 Å². The van der Waals surface area contributed by atoms with Crippen LogP contribution in [0.15, 0.2) is 33.7 Å². The first kappa shape index (κ1) is 19.8. The molecule has 2 aromatic rings. The van der Waals surface area contributed by atoms with E-state index in [0.717, 1.165) is 17.1 Å². The Morgan fingerprint density at radius 2 is 1.96 bits per heavy atom. The topological polar surface area (TPSA) is 91.5 Å². The first-order valence-corrected chi connectivity index (χ1v) is 8.78. The summed E-state index contributed by atoms with van der Waals surface area (Å²) in [6.07, 6.45) is 1.09. The Bertz CT molecular complexity index is 736. The molecular formula is C18H24ClN5O2. The van der Waals surface area contributed by atoms with Gasteiger partial charge in [-0.1, -0.05) is 11.6 Å². The molecule has 7 nitrogen and oxygen atoms in total. The van der Waals surface area contributed by atoms with Crippen LogP contribution in [0.5, 0.6) is 0 Å². The molecule has 26 heavy (non-hydrogen) atoms. The average Bonchev–Trinajstić information content (AvgIpc) is 2.94. The van der Waals surface area contributed by atoms with Crippen LogP contribution in [-0.2, 0) is 11.3 Å². The minimum absolute atomic E-state index is 0.0391. The molecule has 1 aromatic heterocycles. The summed E-state index contributed by atoms with van der Waals surface area (Å²) in [7, 11) is 1.69. The summed E-state index contributed by atoms with van der Waals surface area (Å²) in [5.41, 5.74) is 1.62. The lowest BCUT2D eigenvalue weighted by molar-refractivity contribution is -0.116. The summed E-state index contributed by atoms with van der Waals surface area (Å²) >= 11 is 5.82. The molecular weight excluding hydrogens is 354 g/mol. The zero-order valence-electron chi connectivity index (χ0n) is 15.2. The molecule has 1 heterocycles. The van der Waals surface area contributed by atoms with Gasteiger partial charge < -0.3 is 20.4 Å². The number of anilines is 1. The molecule has 0 atom stereocenters. The van der Waals surface area contributed by atoms with Crippen molar-refractivity contribution in [1.82, 2.24) is 15.6 Å². The van der Waals surface area contributed by atoms with Gasteiger partial charge in [-0.2, -0.15) is 0 Å². The number of hydrogen-bond acceptors (Lipinski definition) is 4. The quantitative estimate of drug-likeness (QED) is 0.392. The van der Waals surface area contributed by atoms with Crippen LogP contribution in [0.25, 0.3) is 0 Å². The summed E-state index contributed by atoms with van der Waals surface area (Å²) < 4.78 is 5.51. The van der Waals surface area contributed by atoms with Gasteiger partial charge in [-0.05, 0) is 44.5 Å². The number of amides is 1. The van der Waals surface area contributed by atoms with E-state index in [1.165, 1.54) is 0 Å². The van der Waals surface area contributed by atoms with Gasteiger partial charge in [-0.15, -0.1) is 0 Å². The Morgan fingerprint density at radius 3 is 2.58 bits per heavy atom. The molecule has 1 amide bonds. The molecule has 0 fully saturated rings. The van der Waals surface area contributed by atoms with Gasteiger partial charge in [0.15, 0.2) is 5.96 Å². The van der Waals surface area contributed by atoms with Gasteiger partial charge in [0.25, 0.3) is 0 Å². The normalized spacial score (nSPS) is 11.3. The molecule has 0 aliphatic carbocycles. The summed E-state index contributed by atoms with van der Waals surface area (Å²) in [4.78, 5) is 20.4. The van der Waals surface area contributed by atoms with Gasteiger partial charge in [-0.25, -0.2) is 4.98 Å². The van der Waals surface area contributed by atoms with Crippen molar-refractivity contribution < 1.29 is 9.21 Å². The fourth-order valence-electron chi connectivity index (χ4n) is 2.21. The predicted octanol–water partition coefficient (Wildman–Crippen LogP) is 3.03. The first-order chi connectivity index (χ1) is 12.5. The number of hydrogen-bond donors (Lipinski definition) is 3. The van der Waals surface area contributed by atoms with Gasteiger partial charge >= 0.3 is 0 Å². The average molecular weight is 378 g/mol. The summed E-state index contributed by atoms with van der Waals surface area (Å²) in [5, 5.41) is 9.76. The number of oxazole rings is 1. The number of nitrogens with one attached hydrogen (secondary N) is 3. The predicted molar refractivity (Wildman–Crippen MR) is 103 cm³/mol. The van der Waals surface area contributed by atoms with Crippen LogP contribution in [0.3, 0.4) is 0 Å². The summed E-state index contributed by atoms with van der Waals surface area (Å²) in [6.45, 7) is 4.86. The minimum Gasteiger partial charge on any atom is -0.444 e. The lowest BCUT2D eigenvalue weighted by atomic mass is 10.2.